The second-order valence-corrected chi connectivity index (χ2v) is 10.0. The topological polar surface area (TPSA) is 49.6 Å². The van der Waals surface area contributed by atoms with Crippen molar-refractivity contribution in [2.45, 2.75) is 84.5 Å². The van der Waals surface area contributed by atoms with E-state index in [-0.39, 0.29) is 0 Å². The molecule has 1 aliphatic carbocycles. The normalized spacial score (nSPS) is 26.5. The molecule has 0 unspecified atom stereocenters. The molecule has 1 amide bonds. The first-order valence-electron chi connectivity index (χ1n) is 12.0. The van der Waals surface area contributed by atoms with Gasteiger partial charge in [-0.05, 0) is 65.0 Å². The summed E-state index contributed by atoms with van der Waals surface area (Å²) in [6.07, 6.45) is 13.7. The molecule has 2 aliphatic heterocycles. The van der Waals surface area contributed by atoms with E-state index in [0.29, 0.717) is 17.7 Å². The predicted octanol–water partition coefficient (Wildman–Crippen LogP) is 4.51. The van der Waals surface area contributed by atoms with Gasteiger partial charge in [-0.25, -0.2) is 0 Å². The summed E-state index contributed by atoms with van der Waals surface area (Å²) >= 11 is 0. The van der Waals surface area contributed by atoms with Crippen molar-refractivity contribution in [3.8, 4) is 0 Å². The Morgan fingerprint density at radius 1 is 1.10 bits per heavy atom. The number of rotatable bonds is 6. The van der Waals surface area contributed by atoms with Crippen molar-refractivity contribution in [1.29, 1.82) is 0 Å². The fraction of sp³-hybridized carbons (Fsp3) is 0.833. The van der Waals surface area contributed by atoms with Crippen LogP contribution in [0.2, 0.25) is 0 Å². The third-order valence-corrected chi connectivity index (χ3v) is 7.88. The standard InChI is InChI=1S/C24H39N3O2/c1-19-22(20(2)29-25-19)9-10-23(28)27-16-13-24(18-27)12-6-14-26(17-24)15-11-21-7-4-3-5-8-21/h21H,3-18H2,1-2H3/t24-/m1/s1. The molecule has 3 fully saturated rings. The Hall–Kier alpha value is -1.36. The van der Waals surface area contributed by atoms with Crippen LogP contribution in [0.3, 0.4) is 0 Å². The minimum Gasteiger partial charge on any atom is -0.361 e. The van der Waals surface area contributed by atoms with Crippen LogP contribution in [0.5, 0.6) is 0 Å². The highest BCUT2D eigenvalue weighted by molar-refractivity contribution is 5.77. The average Bonchev–Trinajstić information content (AvgIpc) is 3.29. The number of hydrogen-bond acceptors (Lipinski definition) is 4. The average molecular weight is 402 g/mol. The molecule has 0 radical (unpaired) electrons. The molecule has 5 nitrogen and oxygen atoms in total. The van der Waals surface area contributed by atoms with Crippen LogP contribution in [-0.2, 0) is 11.2 Å². The Bertz CT molecular complexity index is 675. The van der Waals surface area contributed by atoms with E-state index in [4.69, 9.17) is 4.52 Å². The number of carbonyl (C=O) groups is 1. The van der Waals surface area contributed by atoms with Gasteiger partial charge in [-0.15, -0.1) is 0 Å². The number of aryl methyl sites for hydroxylation is 2. The fourth-order valence-corrected chi connectivity index (χ4v) is 6.07. The first-order chi connectivity index (χ1) is 14.0. The summed E-state index contributed by atoms with van der Waals surface area (Å²) in [5.74, 6) is 2.13. The summed E-state index contributed by atoms with van der Waals surface area (Å²) in [5, 5.41) is 4.01. The molecule has 29 heavy (non-hydrogen) atoms. The summed E-state index contributed by atoms with van der Waals surface area (Å²) in [6, 6.07) is 0. The maximum absolute atomic E-state index is 12.9. The van der Waals surface area contributed by atoms with Crippen LogP contribution in [0.4, 0.5) is 0 Å². The minimum absolute atomic E-state index is 0.307. The third kappa shape index (κ3) is 5.04. The van der Waals surface area contributed by atoms with Crippen molar-refractivity contribution in [3.63, 3.8) is 0 Å². The van der Waals surface area contributed by atoms with Gasteiger partial charge in [0.25, 0.3) is 0 Å². The molecule has 3 heterocycles. The van der Waals surface area contributed by atoms with Gasteiger partial charge in [0.1, 0.15) is 5.76 Å². The van der Waals surface area contributed by atoms with Crippen molar-refractivity contribution in [1.82, 2.24) is 15.0 Å². The largest absolute Gasteiger partial charge is 0.361 e. The number of amides is 1. The molecule has 1 aromatic rings. The van der Waals surface area contributed by atoms with E-state index in [9.17, 15) is 4.79 Å². The lowest BCUT2D eigenvalue weighted by atomic mass is 9.79. The van der Waals surface area contributed by atoms with E-state index >= 15 is 0 Å². The van der Waals surface area contributed by atoms with Crippen LogP contribution < -0.4 is 0 Å². The van der Waals surface area contributed by atoms with Gasteiger partial charge < -0.3 is 14.3 Å². The van der Waals surface area contributed by atoms with Gasteiger partial charge in [-0.3, -0.25) is 4.79 Å². The number of hydrogen-bond donors (Lipinski definition) is 0. The van der Waals surface area contributed by atoms with Crippen LogP contribution in [0.15, 0.2) is 4.52 Å². The summed E-state index contributed by atoms with van der Waals surface area (Å²) in [6.45, 7) is 9.54. The van der Waals surface area contributed by atoms with Crippen LogP contribution in [0.1, 0.15) is 81.2 Å². The molecule has 0 aromatic carbocycles. The Labute approximate surface area is 176 Å². The van der Waals surface area contributed by atoms with Crippen molar-refractivity contribution >= 4 is 5.91 Å². The highest BCUT2D eigenvalue weighted by Crippen LogP contribution is 2.39. The fourth-order valence-electron chi connectivity index (χ4n) is 6.07. The number of nitrogens with zero attached hydrogens (tertiary/aromatic N) is 3. The first-order valence-corrected chi connectivity index (χ1v) is 12.0. The van der Waals surface area contributed by atoms with E-state index in [1.165, 1.54) is 77.4 Å². The van der Waals surface area contributed by atoms with E-state index in [1.54, 1.807) is 0 Å². The Kier molecular flexibility index (Phi) is 6.63. The number of aromatic nitrogens is 1. The quantitative estimate of drug-likeness (QED) is 0.704. The van der Waals surface area contributed by atoms with Crippen LogP contribution in [0, 0.1) is 25.2 Å². The monoisotopic (exact) mass is 401 g/mol. The lowest BCUT2D eigenvalue weighted by Crippen LogP contribution is -2.45. The highest BCUT2D eigenvalue weighted by atomic mass is 16.5. The predicted molar refractivity (Wildman–Crippen MR) is 115 cm³/mol. The minimum atomic E-state index is 0.307. The zero-order chi connectivity index (χ0) is 20.3. The summed E-state index contributed by atoms with van der Waals surface area (Å²) in [7, 11) is 0. The number of likely N-dealkylation sites (tertiary alicyclic amines) is 2. The lowest BCUT2D eigenvalue weighted by Gasteiger charge is -2.41. The Morgan fingerprint density at radius 3 is 2.69 bits per heavy atom. The molecule has 4 rings (SSSR count). The Balaban J connectivity index is 1.25. The molecule has 0 N–H and O–H groups in total. The molecular weight excluding hydrogens is 362 g/mol. The second kappa shape index (κ2) is 9.20. The molecule has 1 saturated carbocycles. The van der Waals surface area contributed by atoms with Crippen molar-refractivity contribution in [2.75, 3.05) is 32.7 Å². The molecule has 162 valence electrons. The van der Waals surface area contributed by atoms with Gasteiger partial charge in [0.15, 0.2) is 0 Å². The van der Waals surface area contributed by atoms with E-state index in [2.05, 4.69) is 15.0 Å². The molecular formula is C24H39N3O2. The molecule has 2 saturated heterocycles. The highest BCUT2D eigenvalue weighted by Gasteiger charge is 2.42. The smallest absolute Gasteiger partial charge is 0.222 e. The number of carbonyl (C=O) groups excluding carboxylic acids is 1. The van der Waals surface area contributed by atoms with Crippen LogP contribution in [0.25, 0.3) is 0 Å². The van der Waals surface area contributed by atoms with Crippen LogP contribution in [-0.4, -0.2) is 53.6 Å². The maximum Gasteiger partial charge on any atom is 0.222 e. The van der Waals surface area contributed by atoms with Gasteiger partial charge in [-0.2, -0.15) is 0 Å². The summed E-state index contributed by atoms with van der Waals surface area (Å²) in [4.78, 5) is 17.7. The molecule has 1 spiro atoms. The second-order valence-electron chi connectivity index (χ2n) is 10.0. The summed E-state index contributed by atoms with van der Waals surface area (Å²) in [5.41, 5.74) is 2.39. The molecule has 1 aromatic heterocycles. The van der Waals surface area contributed by atoms with Crippen molar-refractivity contribution < 1.29 is 9.32 Å². The van der Waals surface area contributed by atoms with Gasteiger partial charge in [0, 0.05) is 37.0 Å². The number of piperidine rings is 1. The third-order valence-electron chi connectivity index (χ3n) is 7.88. The van der Waals surface area contributed by atoms with Gasteiger partial charge in [-0.1, -0.05) is 37.3 Å². The molecule has 0 bridgehead atoms. The van der Waals surface area contributed by atoms with Crippen molar-refractivity contribution in [2.24, 2.45) is 11.3 Å². The first kappa shape index (κ1) is 20.9. The molecule has 5 heteroatoms. The van der Waals surface area contributed by atoms with E-state index < -0.39 is 0 Å². The van der Waals surface area contributed by atoms with Gasteiger partial charge in [0.05, 0.1) is 5.69 Å². The SMILES string of the molecule is Cc1noc(C)c1CCC(=O)N1CC[C@@]2(CCCN(CCC3CCCCC3)C2)C1. The van der Waals surface area contributed by atoms with Crippen LogP contribution >= 0.6 is 0 Å². The van der Waals surface area contributed by atoms with E-state index in [1.807, 2.05) is 13.8 Å². The van der Waals surface area contributed by atoms with Gasteiger partial charge in [0.2, 0.25) is 5.91 Å². The zero-order valence-electron chi connectivity index (χ0n) is 18.5. The van der Waals surface area contributed by atoms with E-state index in [0.717, 1.165) is 42.4 Å². The van der Waals surface area contributed by atoms with Crippen molar-refractivity contribution in [3.05, 3.63) is 17.0 Å². The molecule has 3 aliphatic rings. The van der Waals surface area contributed by atoms with Gasteiger partial charge >= 0.3 is 0 Å². The molecule has 1 atom stereocenters. The maximum atomic E-state index is 12.9. The Morgan fingerprint density at radius 2 is 1.93 bits per heavy atom. The summed E-state index contributed by atoms with van der Waals surface area (Å²) < 4.78 is 5.24. The lowest BCUT2D eigenvalue weighted by molar-refractivity contribution is -0.130. The zero-order valence-corrected chi connectivity index (χ0v) is 18.5.